The Morgan fingerprint density at radius 2 is 1.81 bits per heavy atom. The van der Waals surface area contributed by atoms with Gasteiger partial charge in [-0.05, 0) is 23.6 Å². The minimum atomic E-state index is -0.513. The fourth-order valence-corrected chi connectivity index (χ4v) is 3.70. The Morgan fingerprint density at radius 3 is 2.48 bits per heavy atom. The Kier molecular flexibility index (Phi) is 7.46. The molecule has 0 atom stereocenters. The predicted molar refractivity (Wildman–Crippen MR) is 119 cm³/mol. The van der Waals surface area contributed by atoms with Crippen LogP contribution in [0.2, 0.25) is 0 Å². The van der Waals surface area contributed by atoms with Gasteiger partial charge in [0.25, 0.3) is 5.89 Å². The number of aromatic nitrogens is 2. The summed E-state index contributed by atoms with van der Waals surface area (Å²) in [5.74, 6) is 0.786. The molecule has 3 aromatic rings. The summed E-state index contributed by atoms with van der Waals surface area (Å²) in [4.78, 5) is 30.9. The van der Waals surface area contributed by atoms with Crippen molar-refractivity contribution in [3.63, 3.8) is 0 Å². The van der Waals surface area contributed by atoms with Crippen LogP contribution in [0.1, 0.15) is 41.6 Å². The number of rotatable bonds is 8. The zero-order valence-electron chi connectivity index (χ0n) is 18.0. The van der Waals surface area contributed by atoms with E-state index in [-0.39, 0.29) is 24.2 Å². The van der Waals surface area contributed by atoms with Crippen LogP contribution in [0.5, 0.6) is 0 Å². The summed E-state index contributed by atoms with van der Waals surface area (Å²) in [6, 6.07) is 15.0. The molecule has 1 heterocycles. The smallest absolute Gasteiger partial charge is 0.339 e. The molecule has 0 bridgehead atoms. The van der Waals surface area contributed by atoms with E-state index in [1.54, 1.807) is 32.3 Å². The Balaban J connectivity index is 1.62. The molecule has 8 heteroatoms. The molecule has 7 nitrogen and oxygen atoms in total. The lowest BCUT2D eigenvalue weighted by Gasteiger charge is -2.11. The molecule has 0 N–H and O–H groups in total. The van der Waals surface area contributed by atoms with Crippen LogP contribution >= 0.6 is 11.8 Å². The largest absolute Gasteiger partial charge is 0.452 e. The first kappa shape index (κ1) is 22.6. The average molecular weight is 440 g/mol. The van der Waals surface area contributed by atoms with E-state index in [1.165, 1.54) is 22.2 Å². The molecule has 0 spiro atoms. The van der Waals surface area contributed by atoms with Crippen molar-refractivity contribution in [2.75, 3.05) is 19.8 Å². The molecule has 2 aromatic carbocycles. The molecule has 0 unspecified atom stereocenters. The number of esters is 1. The molecule has 1 aromatic heterocycles. The summed E-state index contributed by atoms with van der Waals surface area (Å²) in [5.41, 5.74) is 2.45. The Morgan fingerprint density at radius 1 is 1.10 bits per heavy atom. The monoisotopic (exact) mass is 439 g/mol. The number of hydrogen-bond donors (Lipinski definition) is 0. The van der Waals surface area contributed by atoms with Crippen LogP contribution in [0.15, 0.2) is 57.9 Å². The van der Waals surface area contributed by atoms with Gasteiger partial charge in [0.2, 0.25) is 11.7 Å². The van der Waals surface area contributed by atoms with Crippen molar-refractivity contribution in [1.29, 1.82) is 0 Å². The Bertz CT molecular complexity index is 1040. The van der Waals surface area contributed by atoms with Crippen LogP contribution in [0.3, 0.4) is 0 Å². The van der Waals surface area contributed by atoms with Gasteiger partial charge in [0.15, 0.2) is 6.61 Å². The van der Waals surface area contributed by atoms with Gasteiger partial charge in [0, 0.05) is 24.6 Å². The molecular formula is C23H25N3O4S. The highest BCUT2D eigenvalue weighted by atomic mass is 32.2. The van der Waals surface area contributed by atoms with E-state index < -0.39 is 5.97 Å². The van der Waals surface area contributed by atoms with Gasteiger partial charge in [-0.15, -0.1) is 11.8 Å². The normalized spacial score (nSPS) is 10.9. The van der Waals surface area contributed by atoms with E-state index >= 15 is 0 Å². The lowest BCUT2D eigenvalue weighted by Crippen LogP contribution is -2.23. The zero-order valence-corrected chi connectivity index (χ0v) is 18.8. The third-order valence-electron chi connectivity index (χ3n) is 4.59. The Hall–Kier alpha value is -3.13. The lowest BCUT2D eigenvalue weighted by molar-refractivity contribution is -0.125. The summed E-state index contributed by atoms with van der Waals surface area (Å²) >= 11 is 1.29. The summed E-state index contributed by atoms with van der Waals surface area (Å²) in [6.45, 7) is 4.13. The SMILES string of the molecule is CC(C)c1ccc(-c2noc(COC(=O)c3ccccc3SCC(=O)N(C)C)n2)cc1. The van der Waals surface area contributed by atoms with Crippen LogP contribution in [0.4, 0.5) is 0 Å². The van der Waals surface area contributed by atoms with Crippen LogP contribution in [-0.4, -0.2) is 46.8 Å². The van der Waals surface area contributed by atoms with Gasteiger partial charge in [-0.3, -0.25) is 4.79 Å². The molecule has 0 saturated carbocycles. The number of nitrogens with zero attached hydrogens (tertiary/aromatic N) is 3. The average Bonchev–Trinajstić information content (AvgIpc) is 3.25. The third-order valence-corrected chi connectivity index (χ3v) is 5.65. The number of thioether (sulfide) groups is 1. The highest BCUT2D eigenvalue weighted by Gasteiger charge is 2.17. The lowest BCUT2D eigenvalue weighted by atomic mass is 10.0. The van der Waals surface area contributed by atoms with Crippen LogP contribution < -0.4 is 0 Å². The molecular weight excluding hydrogens is 414 g/mol. The van der Waals surface area contributed by atoms with Crippen molar-refractivity contribution in [3.05, 3.63) is 65.5 Å². The van der Waals surface area contributed by atoms with Crippen molar-refractivity contribution >= 4 is 23.6 Å². The second-order valence-corrected chi connectivity index (χ2v) is 8.45. The maximum absolute atomic E-state index is 12.6. The van der Waals surface area contributed by atoms with Gasteiger partial charge in [0.1, 0.15) is 0 Å². The quantitative estimate of drug-likeness (QED) is 0.380. The highest BCUT2D eigenvalue weighted by Crippen LogP contribution is 2.24. The standard InChI is InChI=1S/C23H25N3O4S/c1-15(2)16-9-11-17(12-10-16)22-24-20(30-25-22)13-29-23(28)18-7-5-6-8-19(18)31-14-21(27)26(3)4/h5-12,15H,13-14H2,1-4H3. The fraction of sp³-hybridized carbons (Fsp3) is 0.304. The Labute approximate surface area is 185 Å². The molecule has 0 aliphatic carbocycles. The van der Waals surface area contributed by atoms with Crippen molar-refractivity contribution < 1.29 is 18.8 Å². The van der Waals surface area contributed by atoms with Crippen molar-refractivity contribution in [3.8, 4) is 11.4 Å². The molecule has 3 rings (SSSR count). The molecule has 1 amide bonds. The van der Waals surface area contributed by atoms with Gasteiger partial charge < -0.3 is 14.2 Å². The van der Waals surface area contributed by atoms with Gasteiger partial charge in [-0.1, -0.05) is 55.4 Å². The zero-order chi connectivity index (χ0) is 22.4. The molecule has 162 valence electrons. The maximum Gasteiger partial charge on any atom is 0.339 e. The molecule has 31 heavy (non-hydrogen) atoms. The summed E-state index contributed by atoms with van der Waals surface area (Å²) in [5, 5.41) is 3.97. The predicted octanol–water partition coefficient (Wildman–Crippen LogP) is 4.40. The summed E-state index contributed by atoms with van der Waals surface area (Å²) in [6.07, 6.45) is 0. The van der Waals surface area contributed by atoms with E-state index in [0.29, 0.717) is 22.2 Å². The van der Waals surface area contributed by atoms with E-state index in [9.17, 15) is 9.59 Å². The van der Waals surface area contributed by atoms with Gasteiger partial charge in [0.05, 0.1) is 11.3 Å². The highest BCUT2D eigenvalue weighted by molar-refractivity contribution is 8.00. The third kappa shape index (κ3) is 5.95. The van der Waals surface area contributed by atoms with Crippen molar-refractivity contribution in [2.24, 2.45) is 0 Å². The number of carbonyl (C=O) groups is 2. The van der Waals surface area contributed by atoms with E-state index in [4.69, 9.17) is 9.26 Å². The number of benzene rings is 2. The minimum Gasteiger partial charge on any atom is -0.452 e. The second kappa shape index (κ2) is 10.3. The molecule has 0 radical (unpaired) electrons. The molecule has 0 fully saturated rings. The molecule has 0 saturated heterocycles. The van der Waals surface area contributed by atoms with Crippen molar-refractivity contribution in [2.45, 2.75) is 31.3 Å². The molecule has 0 aliphatic heterocycles. The second-order valence-electron chi connectivity index (χ2n) is 7.44. The topological polar surface area (TPSA) is 85.5 Å². The van der Waals surface area contributed by atoms with Crippen LogP contribution in [0, 0.1) is 0 Å². The van der Waals surface area contributed by atoms with Gasteiger partial charge in [-0.2, -0.15) is 4.98 Å². The maximum atomic E-state index is 12.6. The fourth-order valence-electron chi connectivity index (χ4n) is 2.68. The van der Waals surface area contributed by atoms with Crippen LogP contribution in [-0.2, 0) is 16.1 Å². The first-order valence-corrected chi connectivity index (χ1v) is 10.9. The number of hydrogen-bond acceptors (Lipinski definition) is 7. The number of amides is 1. The first-order valence-electron chi connectivity index (χ1n) is 9.87. The van der Waals surface area contributed by atoms with Gasteiger partial charge in [-0.25, -0.2) is 4.79 Å². The minimum absolute atomic E-state index is 0.0343. The first-order chi connectivity index (χ1) is 14.8. The number of ether oxygens (including phenoxy) is 1. The van der Waals surface area contributed by atoms with Crippen LogP contribution in [0.25, 0.3) is 11.4 Å². The van der Waals surface area contributed by atoms with E-state index in [2.05, 4.69) is 24.0 Å². The van der Waals surface area contributed by atoms with Gasteiger partial charge >= 0.3 is 5.97 Å². The van der Waals surface area contributed by atoms with Crippen molar-refractivity contribution in [1.82, 2.24) is 15.0 Å². The van der Waals surface area contributed by atoms with E-state index in [1.807, 2.05) is 30.3 Å². The summed E-state index contributed by atoms with van der Waals surface area (Å²) in [7, 11) is 3.39. The summed E-state index contributed by atoms with van der Waals surface area (Å²) < 4.78 is 10.6. The molecule has 0 aliphatic rings. The van der Waals surface area contributed by atoms with E-state index in [0.717, 1.165) is 5.56 Å². The number of carbonyl (C=O) groups excluding carboxylic acids is 2.